The summed E-state index contributed by atoms with van der Waals surface area (Å²) in [6, 6.07) is 7.65. The third-order valence-electron chi connectivity index (χ3n) is 4.22. The molecular formula is C17H29IN4O2S2. The first-order chi connectivity index (χ1) is 12.0. The minimum Gasteiger partial charge on any atom is -0.352 e. The van der Waals surface area contributed by atoms with E-state index in [1.54, 1.807) is 7.05 Å². The predicted molar refractivity (Wildman–Crippen MR) is 122 cm³/mol. The van der Waals surface area contributed by atoms with E-state index >= 15 is 0 Å². The number of nitrogens with zero attached hydrogens (tertiary/aromatic N) is 2. The largest absolute Gasteiger partial charge is 0.352 e. The molecule has 1 saturated heterocycles. The molecule has 6 nitrogen and oxygen atoms in total. The van der Waals surface area contributed by atoms with Crippen LogP contribution in [0.2, 0.25) is 0 Å². The van der Waals surface area contributed by atoms with Gasteiger partial charge in [-0.25, -0.2) is 13.1 Å². The van der Waals surface area contributed by atoms with Crippen molar-refractivity contribution in [2.24, 2.45) is 4.99 Å². The highest BCUT2D eigenvalue weighted by molar-refractivity contribution is 14.0. The number of rotatable bonds is 6. The van der Waals surface area contributed by atoms with Crippen LogP contribution in [0.25, 0.3) is 0 Å². The van der Waals surface area contributed by atoms with Crippen LogP contribution in [0.1, 0.15) is 24.5 Å². The monoisotopic (exact) mass is 512 g/mol. The molecule has 1 atom stereocenters. The quantitative estimate of drug-likeness (QED) is 0.348. The van der Waals surface area contributed by atoms with Gasteiger partial charge in [-0.3, -0.25) is 4.99 Å². The number of hydrogen-bond acceptors (Lipinski definition) is 4. The van der Waals surface area contributed by atoms with Gasteiger partial charge in [0.15, 0.2) is 5.96 Å². The molecule has 9 heteroatoms. The fourth-order valence-corrected chi connectivity index (χ4v) is 4.74. The van der Waals surface area contributed by atoms with Gasteiger partial charge in [-0.15, -0.1) is 24.0 Å². The summed E-state index contributed by atoms with van der Waals surface area (Å²) in [4.78, 5) is 6.71. The lowest BCUT2D eigenvalue weighted by Crippen LogP contribution is -2.47. The lowest BCUT2D eigenvalue weighted by atomic mass is 10.1. The fraction of sp³-hybridized carbons (Fsp3) is 0.588. The topological polar surface area (TPSA) is 73.8 Å². The van der Waals surface area contributed by atoms with Crippen molar-refractivity contribution in [1.82, 2.24) is 14.9 Å². The first kappa shape index (κ1) is 23.5. The molecule has 148 valence electrons. The average Bonchev–Trinajstić information content (AvgIpc) is 2.62. The number of benzene rings is 1. The van der Waals surface area contributed by atoms with Crippen LogP contribution >= 0.6 is 35.7 Å². The van der Waals surface area contributed by atoms with Crippen LogP contribution in [0.4, 0.5) is 0 Å². The van der Waals surface area contributed by atoms with Crippen LogP contribution < -0.4 is 10.0 Å². The molecule has 2 rings (SSSR count). The van der Waals surface area contributed by atoms with Gasteiger partial charge < -0.3 is 10.2 Å². The van der Waals surface area contributed by atoms with Crippen LogP contribution in [-0.4, -0.2) is 57.5 Å². The van der Waals surface area contributed by atoms with Gasteiger partial charge in [0.05, 0.1) is 5.75 Å². The molecule has 1 aliphatic rings. The minimum absolute atomic E-state index is 0. The molecule has 0 bridgehead atoms. The van der Waals surface area contributed by atoms with E-state index in [1.165, 1.54) is 13.5 Å². The Morgan fingerprint density at radius 2 is 2.12 bits per heavy atom. The van der Waals surface area contributed by atoms with E-state index in [2.05, 4.69) is 26.9 Å². The van der Waals surface area contributed by atoms with Crippen LogP contribution in [0.15, 0.2) is 29.3 Å². The summed E-state index contributed by atoms with van der Waals surface area (Å²) in [6.45, 7) is 4.87. The zero-order valence-electron chi connectivity index (χ0n) is 15.6. The molecule has 2 N–H and O–H groups in total. The molecule has 26 heavy (non-hydrogen) atoms. The van der Waals surface area contributed by atoms with Crippen LogP contribution in [0.5, 0.6) is 0 Å². The second kappa shape index (κ2) is 11.4. The van der Waals surface area contributed by atoms with E-state index in [4.69, 9.17) is 0 Å². The number of hydrogen-bond donors (Lipinski definition) is 2. The van der Waals surface area contributed by atoms with Crippen LogP contribution in [0.3, 0.4) is 0 Å². The molecule has 1 unspecified atom stereocenters. The summed E-state index contributed by atoms with van der Waals surface area (Å²) >= 11 is 2.03. The lowest BCUT2D eigenvalue weighted by molar-refractivity contribution is 0.408. The smallest absolute Gasteiger partial charge is 0.215 e. The predicted octanol–water partition coefficient (Wildman–Crippen LogP) is 2.26. The van der Waals surface area contributed by atoms with Crippen molar-refractivity contribution in [3.05, 3.63) is 35.4 Å². The van der Waals surface area contributed by atoms with E-state index in [-0.39, 0.29) is 29.7 Å². The van der Waals surface area contributed by atoms with E-state index in [0.29, 0.717) is 11.8 Å². The van der Waals surface area contributed by atoms with E-state index in [1.807, 2.05) is 36.0 Å². The second-order valence-corrected chi connectivity index (χ2v) is 9.37. The van der Waals surface area contributed by atoms with Crippen molar-refractivity contribution in [2.45, 2.75) is 30.9 Å². The summed E-state index contributed by atoms with van der Waals surface area (Å²) in [5.74, 6) is 2.02. The zero-order valence-corrected chi connectivity index (χ0v) is 19.5. The normalized spacial score (nSPS) is 18.3. The Labute approximate surface area is 178 Å². The minimum atomic E-state index is -3.26. The van der Waals surface area contributed by atoms with Crippen molar-refractivity contribution >= 4 is 51.7 Å². The highest BCUT2D eigenvalue weighted by Gasteiger charge is 2.21. The molecule has 0 amide bonds. The van der Waals surface area contributed by atoms with Crippen LogP contribution in [0, 0.1) is 0 Å². The SMILES string of the molecule is CCC1CN(C(=NC)NCc2cccc(CS(=O)(=O)NC)c2)CCS1.I. The van der Waals surface area contributed by atoms with Gasteiger partial charge in [0, 0.05) is 37.7 Å². The number of aliphatic imine (C=N–C) groups is 1. The second-order valence-electron chi connectivity index (χ2n) is 6.03. The molecule has 1 aromatic rings. The van der Waals surface area contributed by atoms with Crippen molar-refractivity contribution < 1.29 is 8.42 Å². The maximum Gasteiger partial charge on any atom is 0.215 e. The Hall–Kier alpha value is -0.520. The highest BCUT2D eigenvalue weighted by atomic mass is 127. The van der Waals surface area contributed by atoms with Gasteiger partial charge >= 0.3 is 0 Å². The number of guanidine groups is 1. The van der Waals surface area contributed by atoms with E-state index in [0.717, 1.165) is 35.9 Å². The summed E-state index contributed by atoms with van der Waals surface area (Å²) in [5.41, 5.74) is 1.83. The first-order valence-corrected chi connectivity index (χ1v) is 11.2. The Balaban J connectivity index is 0.00000338. The molecule has 1 heterocycles. The van der Waals surface area contributed by atoms with E-state index < -0.39 is 10.0 Å². The van der Waals surface area contributed by atoms with Gasteiger partial charge in [-0.2, -0.15) is 11.8 Å². The third-order valence-corrected chi connectivity index (χ3v) is 6.92. The number of sulfonamides is 1. The lowest BCUT2D eigenvalue weighted by Gasteiger charge is -2.34. The maximum absolute atomic E-state index is 11.7. The maximum atomic E-state index is 11.7. The number of thioether (sulfide) groups is 1. The average molecular weight is 512 g/mol. The van der Waals surface area contributed by atoms with Crippen molar-refractivity contribution in [1.29, 1.82) is 0 Å². The number of nitrogens with one attached hydrogen (secondary N) is 2. The molecule has 0 radical (unpaired) electrons. The molecule has 0 aliphatic carbocycles. The molecular weight excluding hydrogens is 483 g/mol. The molecule has 0 aromatic heterocycles. The first-order valence-electron chi connectivity index (χ1n) is 8.53. The Morgan fingerprint density at radius 3 is 2.77 bits per heavy atom. The van der Waals surface area contributed by atoms with Crippen molar-refractivity contribution in [3.8, 4) is 0 Å². The molecule has 1 fully saturated rings. The van der Waals surface area contributed by atoms with E-state index in [9.17, 15) is 8.42 Å². The fourth-order valence-electron chi connectivity index (χ4n) is 2.79. The highest BCUT2D eigenvalue weighted by Crippen LogP contribution is 2.21. The van der Waals surface area contributed by atoms with Gasteiger partial charge in [0.1, 0.15) is 0 Å². The Morgan fingerprint density at radius 1 is 1.38 bits per heavy atom. The van der Waals surface area contributed by atoms with Gasteiger partial charge in [0.25, 0.3) is 0 Å². The van der Waals surface area contributed by atoms with Crippen molar-refractivity contribution in [3.63, 3.8) is 0 Å². The summed E-state index contributed by atoms with van der Waals surface area (Å²) in [5, 5.41) is 4.06. The molecule has 1 aliphatic heterocycles. The third kappa shape index (κ3) is 7.24. The Bertz CT molecular complexity index is 698. The molecule has 0 saturated carbocycles. The van der Waals surface area contributed by atoms with Gasteiger partial charge in [-0.05, 0) is 24.6 Å². The standard InChI is InChI=1S/C17H28N4O2S2.HI/c1-4-16-12-21(8-9-24-16)17(18-2)20-11-14-6-5-7-15(10-14)13-25(22,23)19-3;/h5-7,10,16,19H,4,8-9,11-13H2,1-3H3,(H,18,20);1H. The molecule has 1 aromatic carbocycles. The van der Waals surface area contributed by atoms with Crippen molar-refractivity contribution in [2.75, 3.05) is 32.9 Å². The molecule has 0 spiro atoms. The van der Waals surface area contributed by atoms with Gasteiger partial charge in [0.2, 0.25) is 10.0 Å². The van der Waals surface area contributed by atoms with Crippen LogP contribution in [-0.2, 0) is 22.3 Å². The Kier molecular flexibility index (Phi) is 10.3. The summed E-state index contributed by atoms with van der Waals surface area (Å²) in [7, 11) is -0.0139. The summed E-state index contributed by atoms with van der Waals surface area (Å²) in [6.07, 6.45) is 1.17. The van der Waals surface area contributed by atoms with Gasteiger partial charge in [-0.1, -0.05) is 31.2 Å². The summed E-state index contributed by atoms with van der Waals surface area (Å²) < 4.78 is 25.8. The zero-order chi connectivity index (χ0) is 18.3. The number of halogens is 1.